The molecule has 0 saturated carbocycles. The number of nitrogens with zero attached hydrogens (tertiary/aromatic N) is 3. The van der Waals surface area contributed by atoms with Gasteiger partial charge in [-0.1, -0.05) is 5.92 Å². The molecule has 0 saturated heterocycles. The summed E-state index contributed by atoms with van der Waals surface area (Å²) in [6.45, 7) is 0. The van der Waals surface area contributed by atoms with Crippen molar-refractivity contribution in [1.29, 1.82) is 0 Å². The van der Waals surface area contributed by atoms with Crippen LogP contribution in [0.4, 0.5) is 0 Å². The molecule has 0 radical (unpaired) electrons. The summed E-state index contributed by atoms with van der Waals surface area (Å²) in [5, 5.41) is 0. The average Bonchev–Trinajstić information content (AvgIpc) is 2.63. The van der Waals surface area contributed by atoms with E-state index in [0.717, 1.165) is 11.3 Å². The summed E-state index contributed by atoms with van der Waals surface area (Å²) in [4.78, 5) is 8.13. The van der Waals surface area contributed by atoms with Gasteiger partial charge in [0.25, 0.3) is 0 Å². The van der Waals surface area contributed by atoms with Crippen molar-refractivity contribution in [1.82, 2.24) is 14.4 Å². The molecule has 0 N–H and O–H groups in total. The molecule has 0 unspecified atom stereocenters. The summed E-state index contributed by atoms with van der Waals surface area (Å²) in [5.74, 6) is 6.53. The molecule has 0 aliphatic heterocycles. The predicted octanol–water partition coefficient (Wildman–Crippen LogP) is 1.71. The molecule has 2 aromatic rings. The van der Waals surface area contributed by atoms with Crippen LogP contribution < -0.4 is 0 Å². The normalized spacial score (nSPS) is 9.79. The van der Waals surface area contributed by atoms with E-state index in [4.69, 9.17) is 11.6 Å². The Labute approximate surface area is 86.8 Å². The van der Waals surface area contributed by atoms with Gasteiger partial charge in [-0.3, -0.25) is 9.38 Å². The Kier molecular flexibility index (Phi) is 2.66. The summed E-state index contributed by atoms with van der Waals surface area (Å²) in [5.41, 5.74) is 1.68. The maximum absolute atomic E-state index is 5.52. The van der Waals surface area contributed by atoms with Crippen molar-refractivity contribution in [2.24, 2.45) is 0 Å². The van der Waals surface area contributed by atoms with Crippen molar-refractivity contribution < 1.29 is 0 Å². The Morgan fingerprint density at radius 3 is 3.21 bits per heavy atom. The zero-order valence-corrected chi connectivity index (χ0v) is 8.20. The van der Waals surface area contributed by atoms with E-state index in [0.29, 0.717) is 12.3 Å². The van der Waals surface area contributed by atoms with Crippen LogP contribution in [0.2, 0.25) is 0 Å². The van der Waals surface area contributed by atoms with Crippen LogP contribution in [-0.4, -0.2) is 20.2 Å². The highest BCUT2D eigenvalue weighted by atomic mass is 35.5. The largest absolute Gasteiger partial charge is 0.290 e. The van der Waals surface area contributed by atoms with E-state index in [1.54, 1.807) is 18.6 Å². The van der Waals surface area contributed by atoms with Crippen LogP contribution in [0, 0.1) is 11.8 Å². The third kappa shape index (κ3) is 1.70. The molecule has 0 amide bonds. The molecule has 4 heteroatoms. The van der Waals surface area contributed by atoms with Crippen LogP contribution in [0.1, 0.15) is 12.1 Å². The maximum Gasteiger partial charge on any atom is 0.156 e. The van der Waals surface area contributed by atoms with E-state index in [1.807, 2.05) is 10.6 Å². The van der Waals surface area contributed by atoms with Gasteiger partial charge in [-0.2, -0.15) is 0 Å². The van der Waals surface area contributed by atoms with Crippen molar-refractivity contribution in [3.05, 3.63) is 30.5 Å². The molecule has 0 aliphatic rings. The Bertz CT molecular complexity index is 493. The number of rotatable bonds is 1. The zero-order valence-electron chi connectivity index (χ0n) is 7.44. The van der Waals surface area contributed by atoms with Gasteiger partial charge < -0.3 is 0 Å². The molecule has 14 heavy (non-hydrogen) atoms. The average molecular weight is 206 g/mol. The quantitative estimate of drug-likeness (QED) is 0.524. The number of imidazole rings is 1. The van der Waals surface area contributed by atoms with Crippen molar-refractivity contribution in [2.45, 2.75) is 6.42 Å². The summed E-state index contributed by atoms with van der Waals surface area (Å²) >= 11 is 5.52. The monoisotopic (exact) mass is 205 g/mol. The fourth-order valence-corrected chi connectivity index (χ4v) is 1.23. The van der Waals surface area contributed by atoms with E-state index in [9.17, 15) is 0 Å². The lowest BCUT2D eigenvalue weighted by Crippen LogP contribution is -1.87. The topological polar surface area (TPSA) is 30.2 Å². The standard InChI is InChI=1S/C10H8ClN3/c11-4-2-1-3-9-7-13-10-8-12-5-6-14(9)10/h5-8H,2,4H2. The number of fused-ring (bicyclic) bond motifs is 1. The number of aromatic nitrogens is 3. The molecule has 0 atom stereocenters. The molecular formula is C10H8ClN3. The lowest BCUT2D eigenvalue weighted by molar-refractivity contribution is 1.11. The second-order valence-corrected chi connectivity index (χ2v) is 3.07. The predicted molar refractivity (Wildman–Crippen MR) is 55.2 cm³/mol. The third-order valence-corrected chi connectivity index (χ3v) is 1.94. The molecule has 0 bridgehead atoms. The van der Waals surface area contributed by atoms with Gasteiger partial charge in [-0.15, -0.1) is 11.6 Å². The van der Waals surface area contributed by atoms with Gasteiger partial charge in [0, 0.05) is 24.7 Å². The van der Waals surface area contributed by atoms with Crippen molar-refractivity contribution in [3.63, 3.8) is 0 Å². The number of alkyl halides is 1. The molecule has 0 fully saturated rings. The minimum atomic E-state index is 0.561. The number of halogens is 1. The molecule has 0 aromatic carbocycles. The molecule has 0 aliphatic carbocycles. The lowest BCUT2D eigenvalue weighted by atomic mass is 10.4. The van der Waals surface area contributed by atoms with Gasteiger partial charge in [-0.05, 0) is 5.92 Å². The van der Waals surface area contributed by atoms with Crippen LogP contribution in [0.15, 0.2) is 24.8 Å². The van der Waals surface area contributed by atoms with Crippen LogP contribution >= 0.6 is 11.6 Å². The summed E-state index contributed by atoms with van der Waals surface area (Å²) < 4.78 is 1.90. The second-order valence-electron chi connectivity index (χ2n) is 2.69. The number of hydrogen-bond donors (Lipinski definition) is 0. The van der Waals surface area contributed by atoms with Crippen molar-refractivity contribution in [2.75, 3.05) is 5.88 Å². The second kappa shape index (κ2) is 4.12. The third-order valence-electron chi connectivity index (χ3n) is 1.75. The molecule has 2 rings (SSSR count). The van der Waals surface area contributed by atoms with Crippen molar-refractivity contribution >= 4 is 17.2 Å². The smallest absolute Gasteiger partial charge is 0.156 e. The Balaban J connectivity index is 2.40. The SMILES string of the molecule is ClCCC#Cc1cnc2cnccn12. The van der Waals surface area contributed by atoms with E-state index in [1.165, 1.54) is 0 Å². The summed E-state index contributed by atoms with van der Waals surface area (Å²) in [6, 6.07) is 0. The molecule has 3 nitrogen and oxygen atoms in total. The van der Waals surface area contributed by atoms with Gasteiger partial charge in [0.15, 0.2) is 5.65 Å². The number of hydrogen-bond acceptors (Lipinski definition) is 2. The van der Waals surface area contributed by atoms with Crippen LogP contribution in [0.25, 0.3) is 5.65 Å². The van der Waals surface area contributed by atoms with Gasteiger partial charge in [0.2, 0.25) is 0 Å². The fraction of sp³-hybridized carbons (Fsp3) is 0.200. The molecule has 2 aromatic heterocycles. The first-order valence-corrected chi connectivity index (χ1v) is 4.77. The molecule has 70 valence electrons. The van der Waals surface area contributed by atoms with E-state index >= 15 is 0 Å². The van der Waals surface area contributed by atoms with Gasteiger partial charge >= 0.3 is 0 Å². The van der Waals surface area contributed by atoms with Crippen LogP contribution in [0.3, 0.4) is 0 Å². The maximum atomic E-state index is 5.52. The highest BCUT2D eigenvalue weighted by molar-refractivity contribution is 6.18. The van der Waals surface area contributed by atoms with Gasteiger partial charge in [0.1, 0.15) is 5.69 Å². The van der Waals surface area contributed by atoms with E-state index in [-0.39, 0.29) is 0 Å². The first-order valence-electron chi connectivity index (χ1n) is 4.24. The van der Waals surface area contributed by atoms with Crippen molar-refractivity contribution in [3.8, 4) is 11.8 Å². The minimum absolute atomic E-state index is 0.561. The zero-order chi connectivity index (χ0) is 9.80. The Morgan fingerprint density at radius 1 is 1.43 bits per heavy atom. The fourth-order valence-electron chi connectivity index (χ4n) is 1.13. The molecule has 0 spiro atoms. The first kappa shape index (κ1) is 9.04. The van der Waals surface area contributed by atoms with Crippen LogP contribution in [-0.2, 0) is 0 Å². The van der Waals surface area contributed by atoms with E-state index < -0.39 is 0 Å². The first-order chi connectivity index (χ1) is 6.92. The highest BCUT2D eigenvalue weighted by Crippen LogP contribution is 2.02. The Morgan fingerprint density at radius 2 is 2.36 bits per heavy atom. The van der Waals surface area contributed by atoms with Crippen LogP contribution in [0.5, 0.6) is 0 Å². The highest BCUT2D eigenvalue weighted by Gasteiger charge is 1.97. The van der Waals surface area contributed by atoms with E-state index in [2.05, 4.69) is 21.8 Å². The summed E-state index contributed by atoms with van der Waals surface area (Å²) in [7, 11) is 0. The Hall–Kier alpha value is -1.53. The van der Waals surface area contributed by atoms with Gasteiger partial charge in [-0.25, -0.2) is 4.98 Å². The van der Waals surface area contributed by atoms with Gasteiger partial charge in [0.05, 0.1) is 12.4 Å². The lowest BCUT2D eigenvalue weighted by Gasteiger charge is -1.91. The summed E-state index contributed by atoms with van der Waals surface area (Å²) in [6.07, 6.45) is 7.68. The molecular weight excluding hydrogens is 198 g/mol. The minimum Gasteiger partial charge on any atom is -0.290 e. The molecule has 2 heterocycles.